The summed E-state index contributed by atoms with van der Waals surface area (Å²) in [6.07, 6.45) is 0.842. The molecule has 0 aromatic rings. The van der Waals surface area contributed by atoms with E-state index in [0.717, 1.165) is 6.42 Å². The van der Waals surface area contributed by atoms with Gasteiger partial charge in [0.25, 0.3) is 0 Å². The first kappa shape index (κ1) is 16.9. The van der Waals surface area contributed by atoms with Crippen molar-refractivity contribution in [2.24, 2.45) is 0 Å². The number of hydrogen-bond acceptors (Lipinski definition) is 5. The summed E-state index contributed by atoms with van der Waals surface area (Å²) >= 11 is 0. The lowest BCUT2D eigenvalue weighted by Crippen LogP contribution is -2.59. The van der Waals surface area contributed by atoms with Crippen LogP contribution in [0.25, 0.3) is 0 Å². The number of hydrogen-bond donors (Lipinski definition) is 1. The Balaban J connectivity index is 2.74. The van der Waals surface area contributed by atoms with Gasteiger partial charge < -0.3 is 14.8 Å². The molecule has 2 atom stereocenters. The zero-order valence-corrected chi connectivity index (χ0v) is 13.1. The zero-order chi connectivity index (χ0) is 15.3. The van der Waals surface area contributed by atoms with Crippen LogP contribution in [-0.4, -0.2) is 61.3 Å². The Morgan fingerprint density at radius 3 is 2.70 bits per heavy atom. The summed E-state index contributed by atoms with van der Waals surface area (Å²) in [6.45, 7) is 9.12. The SMILES string of the molecule is CCC(C)(C)NC(=O)C(C)N1CCOCC1C(=O)OC. The first-order chi connectivity index (χ1) is 9.32. The van der Waals surface area contributed by atoms with Gasteiger partial charge in [-0.05, 0) is 27.2 Å². The van der Waals surface area contributed by atoms with Gasteiger partial charge in [-0.1, -0.05) is 6.92 Å². The van der Waals surface area contributed by atoms with Crippen molar-refractivity contribution in [2.45, 2.75) is 51.7 Å². The fourth-order valence-corrected chi connectivity index (χ4v) is 2.10. The van der Waals surface area contributed by atoms with Crippen LogP contribution in [0, 0.1) is 0 Å². The molecule has 0 spiro atoms. The summed E-state index contributed by atoms with van der Waals surface area (Å²) in [6, 6.07) is -0.909. The summed E-state index contributed by atoms with van der Waals surface area (Å²) in [7, 11) is 1.35. The summed E-state index contributed by atoms with van der Waals surface area (Å²) in [4.78, 5) is 25.9. The largest absolute Gasteiger partial charge is 0.468 e. The minimum absolute atomic E-state index is 0.0762. The van der Waals surface area contributed by atoms with Crippen LogP contribution in [0.2, 0.25) is 0 Å². The number of carbonyl (C=O) groups excluding carboxylic acids is 2. The Hall–Kier alpha value is -1.14. The lowest BCUT2D eigenvalue weighted by molar-refractivity contribution is -0.156. The number of nitrogens with zero attached hydrogens (tertiary/aromatic N) is 1. The molecule has 0 saturated carbocycles. The van der Waals surface area contributed by atoms with E-state index in [1.807, 2.05) is 32.6 Å². The number of esters is 1. The molecule has 1 N–H and O–H groups in total. The van der Waals surface area contributed by atoms with E-state index in [4.69, 9.17) is 9.47 Å². The van der Waals surface area contributed by atoms with Crippen LogP contribution in [0.5, 0.6) is 0 Å². The Morgan fingerprint density at radius 1 is 1.50 bits per heavy atom. The average molecular weight is 286 g/mol. The third-order valence-corrected chi connectivity index (χ3v) is 3.87. The third-order valence-electron chi connectivity index (χ3n) is 3.87. The van der Waals surface area contributed by atoms with Crippen molar-refractivity contribution in [1.29, 1.82) is 0 Å². The van der Waals surface area contributed by atoms with Crippen molar-refractivity contribution in [3.05, 3.63) is 0 Å². The molecule has 1 rings (SSSR count). The molecule has 20 heavy (non-hydrogen) atoms. The number of methoxy groups -OCH3 is 1. The van der Waals surface area contributed by atoms with Crippen molar-refractivity contribution in [1.82, 2.24) is 10.2 Å². The summed E-state index contributed by atoms with van der Waals surface area (Å²) in [5.74, 6) is -0.438. The summed E-state index contributed by atoms with van der Waals surface area (Å²) < 4.78 is 10.1. The molecule has 1 aliphatic rings. The van der Waals surface area contributed by atoms with Crippen LogP contribution in [0.1, 0.15) is 34.1 Å². The Labute approximate surface area is 120 Å². The van der Waals surface area contributed by atoms with Crippen molar-refractivity contribution in [2.75, 3.05) is 26.9 Å². The molecule has 0 bridgehead atoms. The monoisotopic (exact) mass is 286 g/mol. The second kappa shape index (κ2) is 7.04. The topological polar surface area (TPSA) is 67.9 Å². The molecule has 1 aliphatic heterocycles. The number of rotatable bonds is 5. The average Bonchev–Trinajstić information content (AvgIpc) is 2.45. The quantitative estimate of drug-likeness (QED) is 0.748. The molecule has 0 aromatic heterocycles. The van der Waals surface area contributed by atoms with Crippen LogP contribution < -0.4 is 5.32 Å². The van der Waals surface area contributed by atoms with Crippen LogP contribution in [0.4, 0.5) is 0 Å². The molecule has 0 radical (unpaired) electrons. The number of amides is 1. The van der Waals surface area contributed by atoms with E-state index in [9.17, 15) is 9.59 Å². The molecule has 1 heterocycles. The van der Waals surface area contributed by atoms with Crippen LogP contribution in [-0.2, 0) is 19.1 Å². The zero-order valence-electron chi connectivity index (χ0n) is 13.1. The van der Waals surface area contributed by atoms with Gasteiger partial charge in [-0.25, -0.2) is 0 Å². The second-order valence-electron chi connectivity index (χ2n) is 5.75. The van der Waals surface area contributed by atoms with E-state index >= 15 is 0 Å². The van der Waals surface area contributed by atoms with E-state index in [2.05, 4.69) is 5.32 Å². The first-order valence-corrected chi connectivity index (χ1v) is 7.05. The second-order valence-corrected chi connectivity index (χ2v) is 5.75. The van der Waals surface area contributed by atoms with Gasteiger partial charge in [-0.15, -0.1) is 0 Å². The maximum Gasteiger partial charge on any atom is 0.325 e. The molecular weight excluding hydrogens is 260 g/mol. The fraction of sp³-hybridized carbons (Fsp3) is 0.857. The molecular formula is C14H26N2O4. The predicted octanol–water partition coefficient (Wildman–Crippen LogP) is 0.554. The minimum Gasteiger partial charge on any atom is -0.468 e. The molecule has 2 unspecified atom stereocenters. The lowest BCUT2D eigenvalue weighted by Gasteiger charge is -2.38. The highest BCUT2D eigenvalue weighted by Gasteiger charge is 2.36. The molecule has 1 saturated heterocycles. The van der Waals surface area contributed by atoms with E-state index in [0.29, 0.717) is 13.2 Å². The van der Waals surface area contributed by atoms with E-state index in [1.54, 1.807) is 0 Å². The standard InChI is InChI=1S/C14H26N2O4/c1-6-14(3,4)15-12(17)10(2)16-7-8-20-9-11(16)13(18)19-5/h10-11H,6-9H2,1-5H3,(H,15,17). The predicted molar refractivity (Wildman–Crippen MR) is 75.3 cm³/mol. The molecule has 6 heteroatoms. The van der Waals surface area contributed by atoms with Crippen molar-refractivity contribution >= 4 is 11.9 Å². The Bertz CT molecular complexity index is 357. The number of nitrogens with one attached hydrogen (secondary N) is 1. The number of carbonyl (C=O) groups is 2. The van der Waals surface area contributed by atoms with Gasteiger partial charge in [0, 0.05) is 12.1 Å². The lowest BCUT2D eigenvalue weighted by atomic mass is 10.0. The van der Waals surface area contributed by atoms with Crippen LogP contribution >= 0.6 is 0 Å². The highest BCUT2D eigenvalue weighted by Crippen LogP contribution is 2.15. The summed E-state index contributed by atoms with van der Waals surface area (Å²) in [5.41, 5.74) is -0.252. The van der Waals surface area contributed by atoms with Crippen molar-refractivity contribution < 1.29 is 19.1 Å². The van der Waals surface area contributed by atoms with Crippen molar-refractivity contribution in [3.8, 4) is 0 Å². The van der Waals surface area contributed by atoms with Crippen molar-refractivity contribution in [3.63, 3.8) is 0 Å². The minimum atomic E-state index is -0.515. The molecule has 0 aromatic carbocycles. The van der Waals surface area contributed by atoms with Gasteiger partial charge in [-0.3, -0.25) is 14.5 Å². The highest BCUT2D eigenvalue weighted by molar-refractivity contribution is 5.83. The molecule has 1 fully saturated rings. The number of morpholine rings is 1. The van der Waals surface area contributed by atoms with Gasteiger partial charge in [-0.2, -0.15) is 0 Å². The first-order valence-electron chi connectivity index (χ1n) is 7.05. The molecule has 1 amide bonds. The maximum atomic E-state index is 12.3. The smallest absolute Gasteiger partial charge is 0.325 e. The molecule has 0 aliphatic carbocycles. The van der Waals surface area contributed by atoms with E-state index < -0.39 is 12.1 Å². The van der Waals surface area contributed by atoms with Crippen LogP contribution in [0.3, 0.4) is 0 Å². The molecule has 6 nitrogen and oxygen atoms in total. The van der Waals surface area contributed by atoms with E-state index in [1.165, 1.54) is 7.11 Å². The number of ether oxygens (including phenoxy) is 2. The van der Waals surface area contributed by atoms with Gasteiger partial charge >= 0.3 is 5.97 Å². The highest BCUT2D eigenvalue weighted by atomic mass is 16.5. The molecule has 116 valence electrons. The maximum absolute atomic E-state index is 12.3. The summed E-state index contributed by atoms with van der Waals surface area (Å²) in [5, 5.41) is 3.01. The normalized spacial score (nSPS) is 22.1. The Kier molecular flexibility index (Phi) is 5.95. The van der Waals surface area contributed by atoms with Gasteiger partial charge in [0.05, 0.1) is 26.4 Å². The van der Waals surface area contributed by atoms with Gasteiger partial charge in [0.1, 0.15) is 6.04 Å². The third kappa shape index (κ3) is 4.18. The van der Waals surface area contributed by atoms with Gasteiger partial charge in [0.15, 0.2) is 0 Å². The van der Waals surface area contributed by atoms with E-state index in [-0.39, 0.29) is 24.0 Å². The van der Waals surface area contributed by atoms with Crippen LogP contribution in [0.15, 0.2) is 0 Å². The Morgan fingerprint density at radius 2 is 2.15 bits per heavy atom. The van der Waals surface area contributed by atoms with Gasteiger partial charge in [0.2, 0.25) is 5.91 Å². The fourth-order valence-electron chi connectivity index (χ4n) is 2.10.